The van der Waals surface area contributed by atoms with Crippen molar-refractivity contribution in [3.05, 3.63) is 23.5 Å². The fourth-order valence-electron chi connectivity index (χ4n) is 1.31. The van der Waals surface area contributed by atoms with Crippen molar-refractivity contribution in [2.75, 3.05) is 6.61 Å². The highest BCUT2D eigenvalue weighted by atomic mass is 16.5. The van der Waals surface area contributed by atoms with Crippen LogP contribution in [0.1, 0.15) is 25.2 Å². The Morgan fingerprint density at radius 1 is 1.53 bits per heavy atom. The third-order valence-corrected chi connectivity index (χ3v) is 2.12. The second-order valence-corrected chi connectivity index (χ2v) is 4.19. The van der Waals surface area contributed by atoms with Gasteiger partial charge in [0.05, 0.1) is 5.69 Å². The van der Waals surface area contributed by atoms with Crippen molar-refractivity contribution in [3.8, 4) is 5.75 Å². The molecule has 0 aliphatic heterocycles. The molecule has 0 aromatic carbocycles. The summed E-state index contributed by atoms with van der Waals surface area (Å²) in [5.74, 6) is 0.107. The number of ether oxygens (including phenoxy) is 1. The maximum absolute atomic E-state index is 10.7. The van der Waals surface area contributed by atoms with Crippen LogP contribution in [0.4, 0.5) is 0 Å². The van der Waals surface area contributed by atoms with Crippen LogP contribution < -0.4 is 15.8 Å². The molecule has 0 bridgehead atoms. The number of aryl methyl sites for hydroxylation is 1. The van der Waals surface area contributed by atoms with E-state index in [9.17, 15) is 4.79 Å². The Kier molecular flexibility index (Phi) is 4.90. The number of aromatic nitrogens is 1. The van der Waals surface area contributed by atoms with Crippen molar-refractivity contribution in [1.82, 2.24) is 10.3 Å². The van der Waals surface area contributed by atoms with E-state index >= 15 is 0 Å². The summed E-state index contributed by atoms with van der Waals surface area (Å²) >= 11 is 0. The van der Waals surface area contributed by atoms with E-state index in [2.05, 4.69) is 24.1 Å². The molecule has 0 atom stereocenters. The van der Waals surface area contributed by atoms with Crippen molar-refractivity contribution in [3.63, 3.8) is 0 Å². The van der Waals surface area contributed by atoms with Gasteiger partial charge in [0, 0.05) is 18.3 Å². The number of nitrogens with two attached hydrogens (primary N) is 1. The van der Waals surface area contributed by atoms with Crippen LogP contribution in [0.25, 0.3) is 0 Å². The lowest BCUT2D eigenvalue weighted by molar-refractivity contribution is -0.119. The van der Waals surface area contributed by atoms with Crippen LogP contribution in [0, 0.1) is 6.92 Å². The average Bonchev–Trinajstić information content (AvgIpc) is 2.24. The molecular formula is C12H19N3O2. The average molecular weight is 237 g/mol. The van der Waals surface area contributed by atoms with E-state index in [-0.39, 0.29) is 6.61 Å². The van der Waals surface area contributed by atoms with Gasteiger partial charge in [-0.05, 0) is 19.1 Å². The van der Waals surface area contributed by atoms with Gasteiger partial charge in [-0.1, -0.05) is 13.8 Å². The summed E-state index contributed by atoms with van der Waals surface area (Å²) in [5.41, 5.74) is 6.75. The van der Waals surface area contributed by atoms with Crippen molar-refractivity contribution in [2.24, 2.45) is 5.73 Å². The molecule has 0 fully saturated rings. The molecule has 3 N–H and O–H groups in total. The number of nitrogens with one attached hydrogen (secondary N) is 1. The highest BCUT2D eigenvalue weighted by Gasteiger charge is 2.07. The zero-order valence-electron chi connectivity index (χ0n) is 10.5. The monoisotopic (exact) mass is 237 g/mol. The topological polar surface area (TPSA) is 77.2 Å². The van der Waals surface area contributed by atoms with Crippen LogP contribution in [0.2, 0.25) is 0 Å². The van der Waals surface area contributed by atoms with Gasteiger partial charge in [-0.3, -0.25) is 9.78 Å². The van der Waals surface area contributed by atoms with E-state index in [1.807, 2.05) is 19.1 Å². The number of nitrogens with zero attached hydrogens (tertiary/aromatic N) is 1. The molecule has 0 radical (unpaired) electrons. The van der Waals surface area contributed by atoms with Crippen LogP contribution >= 0.6 is 0 Å². The lowest BCUT2D eigenvalue weighted by Crippen LogP contribution is -2.24. The standard InChI is InChI=1S/C12H19N3O2/c1-8(2)14-6-10-11(17-7-12(13)16)5-4-9(3)15-10/h4-5,8,14H,6-7H2,1-3H3,(H2,13,16). The second kappa shape index (κ2) is 6.20. The van der Waals surface area contributed by atoms with Crippen LogP contribution in [-0.2, 0) is 11.3 Å². The van der Waals surface area contributed by atoms with Gasteiger partial charge in [-0.15, -0.1) is 0 Å². The van der Waals surface area contributed by atoms with Crippen molar-refractivity contribution in [2.45, 2.75) is 33.4 Å². The normalized spacial score (nSPS) is 10.6. The zero-order valence-corrected chi connectivity index (χ0v) is 10.5. The summed E-state index contributed by atoms with van der Waals surface area (Å²) in [7, 11) is 0. The van der Waals surface area contributed by atoms with Crippen molar-refractivity contribution < 1.29 is 9.53 Å². The summed E-state index contributed by atoms with van der Waals surface area (Å²) in [6.45, 7) is 6.50. The molecule has 0 unspecified atom stereocenters. The SMILES string of the molecule is Cc1ccc(OCC(N)=O)c(CNC(C)C)n1. The van der Waals surface area contributed by atoms with E-state index in [0.717, 1.165) is 11.4 Å². The number of hydrogen-bond acceptors (Lipinski definition) is 4. The van der Waals surface area contributed by atoms with Crippen molar-refractivity contribution in [1.29, 1.82) is 0 Å². The molecule has 94 valence electrons. The van der Waals surface area contributed by atoms with Gasteiger partial charge in [0.25, 0.3) is 5.91 Å². The molecule has 1 aromatic heterocycles. The van der Waals surface area contributed by atoms with E-state index < -0.39 is 5.91 Å². The predicted molar refractivity (Wildman–Crippen MR) is 65.6 cm³/mol. The Hall–Kier alpha value is -1.62. The first kappa shape index (κ1) is 13.4. The van der Waals surface area contributed by atoms with Gasteiger partial charge in [0.1, 0.15) is 5.75 Å². The molecular weight excluding hydrogens is 218 g/mol. The highest BCUT2D eigenvalue weighted by Crippen LogP contribution is 2.16. The van der Waals surface area contributed by atoms with E-state index in [1.54, 1.807) is 0 Å². The van der Waals surface area contributed by atoms with E-state index in [4.69, 9.17) is 10.5 Å². The van der Waals surface area contributed by atoms with Gasteiger partial charge < -0.3 is 15.8 Å². The fourth-order valence-corrected chi connectivity index (χ4v) is 1.31. The number of carbonyl (C=O) groups is 1. The molecule has 0 aliphatic carbocycles. The molecule has 1 amide bonds. The number of carbonyl (C=O) groups excluding carboxylic acids is 1. The third kappa shape index (κ3) is 4.82. The quantitative estimate of drug-likeness (QED) is 0.765. The minimum atomic E-state index is -0.492. The van der Waals surface area contributed by atoms with Crippen LogP contribution in [0.5, 0.6) is 5.75 Å². The Labute approximate surface area is 101 Å². The maximum atomic E-state index is 10.7. The lowest BCUT2D eigenvalue weighted by Gasteiger charge is -2.12. The second-order valence-electron chi connectivity index (χ2n) is 4.19. The first-order valence-electron chi connectivity index (χ1n) is 5.60. The molecule has 0 spiro atoms. The molecule has 0 saturated heterocycles. The van der Waals surface area contributed by atoms with Gasteiger partial charge in [0.2, 0.25) is 0 Å². The van der Waals surface area contributed by atoms with E-state index in [0.29, 0.717) is 18.3 Å². The number of rotatable bonds is 6. The minimum Gasteiger partial charge on any atom is -0.482 e. The van der Waals surface area contributed by atoms with Gasteiger partial charge in [0.15, 0.2) is 6.61 Å². The molecule has 5 heteroatoms. The molecule has 0 aliphatic rings. The molecule has 1 heterocycles. The summed E-state index contributed by atoms with van der Waals surface area (Å²) in [6, 6.07) is 4.01. The zero-order chi connectivity index (χ0) is 12.8. The Morgan fingerprint density at radius 3 is 2.82 bits per heavy atom. The number of hydrogen-bond donors (Lipinski definition) is 2. The van der Waals surface area contributed by atoms with Crippen LogP contribution in [0.15, 0.2) is 12.1 Å². The summed E-state index contributed by atoms with van der Waals surface area (Å²) in [5, 5.41) is 3.26. The maximum Gasteiger partial charge on any atom is 0.255 e. The molecule has 17 heavy (non-hydrogen) atoms. The fraction of sp³-hybridized carbons (Fsp3) is 0.500. The summed E-state index contributed by atoms with van der Waals surface area (Å²) in [6.07, 6.45) is 0. The molecule has 1 rings (SSSR count). The smallest absolute Gasteiger partial charge is 0.255 e. The Bertz CT molecular complexity index is 391. The third-order valence-electron chi connectivity index (χ3n) is 2.12. The predicted octanol–water partition coefficient (Wildman–Crippen LogP) is 0.752. The van der Waals surface area contributed by atoms with Gasteiger partial charge in [-0.2, -0.15) is 0 Å². The Balaban J connectivity index is 2.76. The van der Waals surface area contributed by atoms with Gasteiger partial charge >= 0.3 is 0 Å². The Morgan fingerprint density at radius 2 is 2.24 bits per heavy atom. The molecule has 0 saturated carbocycles. The van der Waals surface area contributed by atoms with E-state index in [1.165, 1.54) is 0 Å². The lowest BCUT2D eigenvalue weighted by atomic mass is 10.2. The summed E-state index contributed by atoms with van der Waals surface area (Å²) < 4.78 is 5.31. The molecule has 1 aromatic rings. The van der Waals surface area contributed by atoms with Crippen LogP contribution in [0.3, 0.4) is 0 Å². The van der Waals surface area contributed by atoms with Crippen molar-refractivity contribution >= 4 is 5.91 Å². The number of amides is 1. The largest absolute Gasteiger partial charge is 0.482 e. The highest BCUT2D eigenvalue weighted by molar-refractivity contribution is 5.75. The van der Waals surface area contributed by atoms with Crippen LogP contribution in [-0.4, -0.2) is 23.5 Å². The first-order valence-corrected chi connectivity index (χ1v) is 5.60. The number of primary amides is 1. The van der Waals surface area contributed by atoms with Gasteiger partial charge in [-0.25, -0.2) is 0 Å². The first-order chi connectivity index (χ1) is 7.99. The molecule has 5 nitrogen and oxygen atoms in total. The minimum absolute atomic E-state index is 0.126. The summed E-state index contributed by atoms with van der Waals surface area (Å²) in [4.78, 5) is 15.1. The number of pyridine rings is 1.